The fourth-order valence-corrected chi connectivity index (χ4v) is 4.37. The number of nitrogens with one attached hydrogen (secondary N) is 1. The standard InChI is InChI=1S/C22H29N3O2/c26-22(23-19-11-5-2-6-12-19)21-14-20(24-27-21)18-10-7-13-25(16-18)15-17-8-3-1-4-9-17/h1,3-4,8-9,14,18-19H,2,5-7,10-13,15-16H2,(H,23,26). The van der Waals surface area contributed by atoms with E-state index >= 15 is 0 Å². The molecule has 2 aromatic rings. The summed E-state index contributed by atoms with van der Waals surface area (Å²) in [5.74, 6) is 0.579. The first kappa shape index (κ1) is 18.2. The van der Waals surface area contributed by atoms with E-state index in [2.05, 4.69) is 45.7 Å². The molecule has 0 bridgehead atoms. The highest BCUT2D eigenvalue weighted by Crippen LogP contribution is 2.27. The maximum atomic E-state index is 12.5. The lowest BCUT2D eigenvalue weighted by Crippen LogP contribution is -2.36. The molecule has 0 radical (unpaired) electrons. The SMILES string of the molecule is O=C(NC1CCCCC1)c1cc(C2CCCN(Cc3ccccc3)C2)no1. The minimum Gasteiger partial charge on any atom is -0.351 e. The van der Waals surface area contributed by atoms with E-state index in [4.69, 9.17) is 4.52 Å². The molecule has 1 N–H and O–H groups in total. The number of hydrogen-bond donors (Lipinski definition) is 1. The quantitative estimate of drug-likeness (QED) is 0.864. The Kier molecular flexibility index (Phi) is 5.87. The van der Waals surface area contributed by atoms with Crippen molar-refractivity contribution in [1.82, 2.24) is 15.4 Å². The Balaban J connectivity index is 1.35. The van der Waals surface area contributed by atoms with Crippen LogP contribution in [0.1, 0.15) is 72.7 Å². The number of nitrogens with zero attached hydrogens (tertiary/aromatic N) is 2. The van der Waals surface area contributed by atoms with Gasteiger partial charge in [-0.25, -0.2) is 0 Å². The maximum Gasteiger partial charge on any atom is 0.290 e. The minimum absolute atomic E-state index is 0.113. The van der Waals surface area contributed by atoms with Crippen molar-refractivity contribution in [1.29, 1.82) is 0 Å². The van der Waals surface area contributed by atoms with Crippen LogP contribution in [-0.4, -0.2) is 35.1 Å². The molecule has 1 aromatic carbocycles. The number of amides is 1. The van der Waals surface area contributed by atoms with Gasteiger partial charge in [0.05, 0.1) is 5.69 Å². The van der Waals surface area contributed by atoms with Crippen molar-refractivity contribution < 1.29 is 9.32 Å². The van der Waals surface area contributed by atoms with Gasteiger partial charge in [-0.05, 0) is 37.8 Å². The van der Waals surface area contributed by atoms with Crippen LogP contribution in [0.5, 0.6) is 0 Å². The monoisotopic (exact) mass is 367 g/mol. The van der Waals surface area contributed by atoms with E-state index in [1.165, 1.54) is 24.8 Å². The van der Waals surface area contributed by atoms with Gasteiger partial charge < -0.3 is 9.84 Å². The Hall–Kier alpha value is -2.14. The second-order valence-electron chi connectivity index (χ2n) is 7.98. The molecule has 1 aliphatic carbocycles. The molecule has 1 aliphatic heterocycles. The number of hydrogen-bond acceptors (Lipinski definition) is 4. The summed E-state index contributed by atoms with van der Waals surface area (Å²) in [5.41, 5.74) is 2.26. The molecule has 144 valence electrons. The fraction of sp³-hybridized carbons (Fsp3) is 0.545. The number of rotatable bonds is 5. The highest BCUT2D eigenvalue weighted by molar-refractivity contribution is 5.91. The molecule has 1 atom stereocenters. The smallest absolute Gasteiger partial charge is 0.290 e. The Labute approximate surface area is 161 Å². The third-order valence-electron chi connectivity index (χ3n) is 5.87. The molecule has 2 aliphatic rings. The van der Waals surface area contributed by atoms with Crippen LogP contribution in [0.2, 0.25) is 0 Å². The second kappa shape index (κ2) is 8.70. The van der Waals surface area contributed by atoms with E-state index in [9.17, 15) is 4.79 Å². The Bertz CT molecular complexity index is 737. The number of benzene rings is 1. The van der Waals surface area contributed by atoms with Crippen LogP contribution in [0.3, 0.4) is 0 Å². The van der Waals surface area contributed by atoms with Gasteiger partial charge >= 0.3 is 0 Å². The number of likely N-dealkylation sites (tertiary alicyclic amines) is 1. The van der Waals surface area contributed by atoms with Crippen LogP contribution < -0.4 is 5.32 Å². The number of aromatic nitrogens is 1. The zero-order valence-electron chi connectivity index (χ0n) is 15.9. The second-order valence-corrected chi connectivity index (χ2v) is 7.98. The predicted octanol–water partition coefficient (Wildman–Crippen LogP) is 4.12. The molecule has 1 aromatic heterocycles. The lowest BCUT2D eigenvalue weighted by atomic mass is 9.94. The summed E-state index contributed by atoms with van der Waals surface area (Å²) in [4.78, 5) is 14.9. The summed E-state index contributed by atoms with van der Waals surface area (Å²) in [6, 6.07) is 12.7. The maximum absolute atomic E-state index is 12.5. The summed E-state index contributed by atoms with van der Waals surface area (Å²) >= 11 is 0. The van der Waals surface area contributed by atoms with E-state index in [0.717, 1.165) is 51.0 Å². The van der Waals surface area contributed by atoms with Crippen LogP contribution in [-0.2, 0) is 6.54 Å². The molecule has 27 heavy (non-hydrogen) atoms. The first-order chi connectivity index (χ1) is 13.3. The molecule has 1 saturated heterocycles. The first-order valence-corrected chi connectivity index (χ1v) is 10.3. The Morgan fingerprint density at radius 3 is 2.74 bits per heavy atom. The third-order valence-corrected chi connectivity index (χ3v) is 5.87. The molecule has 4 rings (SSSR count). The lowest BCUT2D eigenvalue weighted by Gasteiger charge is -2.31. The number of carbonyl (C=O) groups excluding carboxylic acids is 1. The molecular weight excluding hydrogens is 338 g/mol. The van der Waals surface area contributed by atoms with E-state index in [1.807, 2.05) is 6.07 Å². The van der Waals surface area contributed by atoms with Crippen LogP contribution in [0.4, 0.5) is 0 Å². The molecule has 1 saturated carbocycles. The highest BCUT2D eigenvalue weighted by Gasteiger charge is 2.26. The summed E-state index contributed by atoms with van der Waals surface area (Å²) in [5, 5.41) is 7.34. The zero-order chi connectivity index (χ0) is 18.5. The van der Waals surface area contributed by atoms with Gasteiger partial charge in [-0.1, -0.05) is 54.8 Å². The van der Waals surface area contributed by atoms with E-state index in [0.29, 0.717) is 11.7 Å². The van der Waals surface area contributed by atoms with Crippen LogP contribution >= 0.6 is 0 Å². The third kappa shape index (κ3) is 4.78. The molecular formula is C22H29N3O2. The highest BCUT2D eigenvalue weighted by atomic mass is 16.5. The van der Waals surface area contributed by atoms with Gasteiger partial charge in [-0.2, -0.15) is 0 Å². The van der Waals surface area contributed by atoms with Crippen molar-refractivity contribution in [2.24, 2.45) is 0 Å². The Morgan fingerprint density at radius 2 is 1.93 bits per heavy atom. The van der Waals surface area contributed by atoms with Crippen LogP contribution in [0.15, 0.2) is 40.9 Å². The molecule has 5 nitrogen and oxygen atoms in total. The summed E-state index contributed by atoms with van der Waals surface area (Å²) in [6.07, 6.45) is 8.07. The zero-order valence-corrected chi connectivity index (χ0v) is 15.9. The van der Waals surface area contributed by atoms with Crippen molar-refractivity contribution in [3.8, 4) is 0 Å². The molecule has 0 spiro atoms. The fourth-order valence-electron chi connectivity index (χ4n) is 4.37. The molecule has 1 unspecified atom stereocenters. The molecule has 1 amide bonds. The van der Waals surface area contributed by atoms with Crippen molar-refractivity contribution in [3.63, 3.8) is 0 Å². The van der Waals surface area contributed by atoms with Crippen molar-refractivity contribution in [2.45, 2.75) is 63.5 Å². The van der Waals surface area contributed by atoms with Gasteiger partial charge in [-0.3, -0.25) is 9.69 Å². The summed E-state index contributed by atoms with van der Waals surface area (Å²) < 4.78 is 5.39. The Morgan fingerprint density at radius 1 is 1.11 bits per heavy atom. The average molecular weight is 367 g/mol. The van der Waals surface area contributed by atoms with Gasteiger partial charge in [0.2, 0.25) is 5.76 Å². The van der Waals surface area contributed by atoms with Crippen molar-refractivity contribution >= 4 is 5.91 Å². The van der Waals surface area contributed by atoms with Gasteiger partial charge in [0.1, 0.15) is 0 Å². The van der Waals surface area contributed by atoms with Gasteiger partial charge in [0.25, 0.3) is 5.91 Å². The van der Waals surface area contributed by atoms with Crippen LogP contribution in [0.25, 0.3) is 0 Å². The van der Waals surface area contributed by atoms with Gasteiger partial charge in [0, 0.05) is 31.1 Å². The van der Waals surface area contributed by atoms with Gasteiger partial charge in [-0.15, -0.1) is 0 Å². The summed E-state index contributed by atoms with van der Waals surface area (Å²) in [7, 11) is 0. The largest absolute Gasteiger partial charge is 0.351 e. The number of piperidine rings is 1. The first-order valence-electron chi connectivity index (χ1n) is 10.3. The van der Waals surface area contributed by atoms with Crippen molar-refractivity contribution in [3.05, 3.63) is 53.4 Å². The normalized spacial score (nSPS) is 21.9. The van der Waals surface area contributed by atoms with E-state index in [1.54, 1.807) is 0 Å². The molecule has 2 fully saturated rings. The average Bonchev–Trinajstić information content (AvgIpc) is 3.20. The molecule has 5 heteroatoms. The van der Waals surface area contributed by atoms with Crippen LogP contribution in [0, 0.1) is 0 Å². The summed E-state index contributed by atoms with van der Waals surface area (Å²) in [6.45, 7) is 3.04. The predicted molar refractivity (Wildman–Crippen MR) is 105 cm³/mol. The van der Waals surface area contributed by atoms with Crippen molar-refractivity contribution in [2.75, 3.05) is 13.1 Å². The lowest BCUT2D eigenvalue weighted by molar-refractivity contribution is 0.0890. The minimum atomic E-state index is -0.113. The molecule has 2 heterocycles. The van der Waals surface area contributed by atoms with E-state index in [-0.39, 0.29) is 11.9 Å². The van der Waals surface area contributed by atoms with E-state index < -0.39 is 0 Å². The number of carbonyl (C=O) groups is 1. The van der Waals surface area contributed by atoms with Gasteiger partial charge in [0.15, 0.2) is 0 Å². The topological polar surface area (TPSA) is 58.4 Å².